The van der Waals surface area contributed by atoms with E-state index >= 15 is 0 Å². The number of aromatic hydroxyl groups is 1. The van der Waals surface area contributed by atoms with Crippen LogP contribution in [0.4, 0.5) is 0 Å². The van der Waals surface area contributed by atoms with E-state index in [1.807, 2.05) is 12.1 Å². The Kier molecular flexibility index (Phi) is 3.71. The van der Waals surface area contributed by atoms with Gasteiger partial charge in [0.2, 0.25) is 0 Å². The van der Waals surface area contributed by atoms with Gasteiger partial charge in [0.1, 0.15) is 5.75 Å². The molecule has 0 fully saturated rings. The number of rotatable bonds is 4. The van der Waals surface area contributed by atoms with Crippen LogP contribution in [-0.2, 0) is 5.41 Å². The van der Waals surface area contributed by atoms with Crippen molar-refractivity contribution in [2.24, 2.45) is 0 Å². The topological polar surface area (TPSA) is 20.2 Å². The molecule has 1 nitrogen and oxygen atoms in total. The average Bonchev–Trinajstić information content (AvgIpc) is 2.44. The molecule has 2 aromatic carbocycles. The van der Waals surface area contributed by atoms with Crippen LogP contribution < -0.4 is 0 Å². The minimum Gasteiger partial charge on any atom is -0.508 e. The molecular formula is C17H20O. The van der Waals surface area contributed by atoms with Gasteiger partial charge in [0, 0.05) is 5.41 Å². The Bertz CT molecular complexity index is 481. The fraction of sp³-hybridized carbons (Fsp3) is 0.294. The molecule has 0 aromatic heterocycles. The first-order valence-electron chi connectivity index (χ1n) is 6.58. The molecule has 0 amide bonds. The maximum absolute atomic E-state index is 9.44. The van der Waals surface area contributed by atoms with Gasteiger partial charge in [-0.1, -0.05) is 56.3 Å². The van der Waals surface area contributed by atoms with Gasteiger partial charge in [-0.25, -0.2) is 0 Å². The van der Waals surface area contributed by atoms with Crippen LogP contribution in [0.5, 0.6) is 5.75 Å². The second kappa shape index (κ2) is 5.26. The van der Waals surface area contributed by atoms with E-state index < -0.39 is 0 Å². The number of phenolic OH excluding ortho intramolecular Hbond substituents is 1. The van der Waals surface area contributed by atoms with Gasteiger partial charge in [0.25, 0.3) is 0 Å². The summed E-state index contributed by atoms with van der Waals surface area (Å²) in [5.74, 6) is 0.327. The molecule has 2 aromatic rings. The van der Waals surface area contributed by atoms with E-state index in [4.69, 9.17) is 0 Å². The molecule has 0 radical (unpaired) electrons. The summed E-state index contributed by atoms with van der Waals surface area (Å²) in [7, 11) is 0. The van der Waals surface area contributed by atoms with Crippen LogP contribution in [0, 0.1) is 0 Å². The highest BCUT2D eigenvalue weighted by molar-refractivity contribution is 5.41. The van der Waals surface area contributed by atoms with E-state index in [-0.39, 0.29) is 5.41 Å². The van der Waals surface area contributed by atoms with Crippen molar-refractivity contribution in [1.29, 1.82) is 0 Å². The highest BCUT2D eigenvalue weighted by Crippen LogP contribution is 2.39. The SMILES string of the molecule is CCC(CC)(c1ccccc1)c1ccc(O)cc1. The minimum absolute atomic E-state index is 0.0506. The largest absolute Gasteiger partial charge is 0.508 e. The lowest BCUT2D eigenvalue weighted by Gasteiger charge is -2.33. The summed E-state index contributed by atoms with van der Waals surface area (Å²) in [5.41, 5.74) is 2.67. The van der Waals surface area contributed by atoms with E-state index in [9.17, 15) is 5.11 Å². The minimum atomic E-state index is 0.0506. The van der Waals surface area contributed by atoms with Gasteiger partial charge < -0.3 is 5.11 Å². The molecule has 1 heteroatoms. The Morgan fingerprint density at radius 2 is 1.28 bits per heavy atom. The van der Waals surface area contributed by atoms with Crippen molar-refractivity contribution < 1.29 is 5.11 Å². The zero-order valence-electron chi connectivity index (χ0n) is 11.1. The standard InChI is InChI=1S/C17H20O/c1-3-17(4-2,14-8-6-5-7-9-14)15-10-12-16(18)13-11-15/h5-13,18H,3-4H2,1-2H3. The van der Waals surface area contributed by atoms with E-state index in [1.165, 1.54) is 11.1 Å². The van der Waals surface area contributed by atoms with E-state index in [0.29, 0.717) is 5.75 Å². The maximum atomic E-state index is 9.44. The number of benzene rings is 2. The molecule has 1 N–H and O–H groups in total. The van der Waals surface area contributed by atoms with E-state index in [2.05, 4.69) is 44.2 Å². The number of hydrogen-bond acceptors (Lipinski definition) is 1. The monoisotopic (exact) mass is 240 g/mol. The Morgan fingerprint density at radius 1 is 0.778 bits per heavy atom. The molecule has 0 saturated heterocycles. The Hall–Kier alpha value is -1.76. The summed E-state index contributed by atoms with van der Waals surface area (Å²) in [5, 5.41) is 9.44. The molecule has 0 atom stereocenters. The van der Waals surface area contributed by atoms with Gasteiger partial charge in [-0.3, -0.25) is 0 Å². The Balaban J connectivity index is 2.54. The van der Waals surface area contributed by atoms with Crippen LogP contribution in [0.2, 0.25) is 0 Å². The predicted molar refractivity (Wildman–Crippen MR) is 75.9 cm³/mol. The number of hydrogen-bond donors (Lipinski definition) is 1. The summed E-state index contributed by atoms with van der Waals surface area (Å²) >= 11 is 0. The second-order valence-electron chi connectivity index (χ2n) is 4.70. The summed E-state index contributed by atoms with van der Waals surface area (Å²) in [6, 6.07) is 18.3. The molecule has 0 unspecified atom stereocenters. The Morgan fingerprint density at radius 3 is 1.78 bits per heavy atom. The molecule has 0 aliphatic heterocycles. The average molecular weight is 240 g/mol. The molecule has 0 saturated carbocycles. The molecule has 0 bridgehead atoms. The first-order chi connectivity index (χ1) is 8.73. The molecule has 0 aliphatic carbocycles. The summed E-state index contributed by atoms with van der Waals surface area (Å²) < 4.78 is 0. The third-order valence-electron chi connectivity index (χ3n) is 3.95. The molecule has 0 heterocycles. The van der Waals surface area contributed by atoms with E-state index in [1.54, 1.807) is 12.1 Å². The summed E-state index contributed by atoms with van der Waals surface area (Å²) in [6.07, 6.45) is 2.11. The zero-order valence-corrected chi connectivity index (χ0v) is 11.1. The molecule has 94 valence electrons. The third-order valence-corrected chi connectivity index (χ3v) is 3.95. The lowest BCUT2D eigenvalue weighted by atomic mass is 9.70. The van der Waals surface area contributed by atoms with Gasteiger partial charge >= 0.3 is 0 Å². The normalized spacial score (nSPS) is 11.4. The molecule has 18 heavy (non-hydrogen) atoms. The molecule has 2 rings (SSSR count). The van der Waals surface area contributed by atoms with Crippen LogP contribution in [0.25, 0.3) is 0 Å². The fourth-order valence-electron chi connectivity index (χ4n) is 2.77. The van der Waals surface area contributed by atoms with Crippen molar-refractivity contribution in [1.82, 2.24) is 0 Å². The van der Waals surface area contributed by atoms with Crippen molar-refractivity contribution in [3.63, 3.8) is 0 Å². The molecular weight excluding hydrogens is 220 g/mol. The van der Waals surface area contributed by atoms with Gasteiger partial charge in [-0.05, 0) is 36.1 Å². The smallest absolute Gasteiger partial charge is 0.115 e. The summed E-state index contributed by atoms with van der Waals surface area (Å²) in [4.78, 5) is 0. The first-order valence-corrected chi connectivity index (χ1v) is 6.58. The van der Waals surface area contributed by atoms with Crippen molar-refractivity contribution >= 4 is 0 Å². The van der Waals surface area contributed by atoms with Crippen molar-refractivity contribution in [2.45, 2.75) is 32.1 Å². The second-order valence-corrected chi connectivity index (χ2v) is 4.70. The van der Waals surface area contributed by atoms with Crippen molar-refractivity contribution in [2.75, 3.05) is 0 Å². The molecule has 0 spiro atoms. The quantitative estimate of drug-likeness (QED) is 0.834. The van der Waals surface area contributed by atoms with Crippen molar-refractivity contribution in [3.8, 4) is 5.75 Å². The fourth-order valence-corrected chi connectivity index (χ4v) is 2.77. The highest BCUT2D eigenvalue weighted by atomic mass is 16.3. The third kappa shape index (κ3) is 2.13. The predicted octanol–water partition coefficient (Wildman–Crippen LogP) is 4.50. The van der Waals surface area contributed by atoms with Crippen LogP contribution >= 0.6 is 0 Å². The zero-order chi connectivity index (χ0) is 13.0. The first kappa shape index (κ1) is 12.7. The number of phenols is 1. The molecule has 0 aliphatic rings. The summed E-state index contributed by atoms with van der Waals surface area (Å²) in [6.45, 7) is 4.45. The highest BCUT2D eigenvalue weighted by Gasteiger charge is 2.30. The van der Waals surface area contributed by atoms with Gasteiger partial charge in [-0.2, -0.15) is 0 Å². The lowest BCUT2D eigenvalue weighted by molar-refractivity contribution is 0.465. The lowest BCUT2D eigenvalue weighted by Crippen LogP contribution is -2.25. The maximum Gasteiger partial charge on any atom is 0.115 e. The van der Waals surface area contributed by atoms with Gasteiger partial charge in [-0.15, -0.1) is 0 Å². The van der Waals surface area contributed by atoms with Gasteiger partial charge in [0.05, 0.1) is 0 Å². The van der Waals surface area contributed by atoms with E-state index in [0.717, 1.165) is 12.8 Å². The van der Waals surface area contributed by atoms with Crippen LogP contribution in [0.15, 0.2) is 54.6 Å². The Labute approximate surface area is 109 Å². The van der Waals surface area contributed by atoms with Crippen LogP contribution in [-0.4, -0.2) is 5.11 Å². The van der Waals surface area contributed by atoms with Gasteiger partial charge in [0.15, 0.2) is 0 Å². The van der Waals surface area contributed by atoms with Crippen LogP contribution in [0.1, 0.15) is 37.8 Å². The van der Waals surface area contributed by atoms with Crippen molar-refractivity contribution in [3.05, 3.63) is 65.7 Å². The van der Waals surface area contributed by atoms with Crippen LogP contribution in [0.3, 0.4) is 0 Å².